The molecule has 1 heterocycles. The molecule has 0 aliphatic carbocycles. The highest BCUT2D eigenvalue weighted by Gasteiger charge is 2.27. The topological polar surface area (TPSA) is 90.4 Å². The molecular weight excluding hydrogens is 382 g/mol. The van der Waals surface area contributed by atoms with Crippen LogP contribution in [0.3, 0.4) is 0 Å². The molecule has 30 heavy (non-hydrogen) atoms. The first-order valence-corrected chi connectivity index (χ1v) is 9.83. The fourth-order valence-electron chi connectivity index (χ4n) is 2.98. The van der Waals surface area contributed by atoms with E-state index in [1.54, 1.807) is 24.3 Å². The van der Waals surface area contributed by atoms with Gasteiger partial charge in [-0.15, -0.1) is 0 Å². The molecule has 0 spiro atoms. The van der Waals surface area contributed by atoms with Crippen LogP contribution in [0.2, 0.25) is 0 Å². The van der Waals surface area contributed by atoms with E-state index in [1.807, 2.05) is 45.0 Å². The van der Waals surface area contributed by atoms with Crippen molar-refractivity contribution >= 4 is 22.9 Å². The molecule has 1 amide bonds. The van der Waals surface area contributed by atoms with Crippen LogP contribution < -0.4 is 10.1 Å². The summed E-state index contributed by atoms with van der Waals surface area (Å²) in [6, 6.07) is 13.5. The zero-order valence-electron chi connectivity index (χ0n) is 17.5. The SMILES string of the molecule is CC[C@@H](C)[C@H](NC(=O)c1ccc(Oc2nc3ccccc3nc2C)cc1)C(=O)OC. The number of aromatic nitrogens is 2. The lowest BCUT2D eigenvalue weighted by molar-refractivity contribution is -0.144. The van der Waals surface area contributed by atoms with Crippen LogP contribution in [0.25, 0.3) is 11.0 Å². The van der Waals surface area contributed by atoms with E-state index in [2.05, 4.69) is 15.3 Å². The summed E-state index contributed by atoms with van der Waals surface area (Å²) in [6.07, 6.45) is 0.735. The van der Waals surface area contributed by atoms with E-state index in [1.165, 1.54) is 7.11 Å². The van der Waals surface area contributed by atoms with Crippen LogP contribution in [-0.2, 0) is 9.53 Å². The summed E-state index contributed by atoms with van der Waals surface area (Å²) in [6.45, 7) is 5.68. The maximum Gasteiger partial charge on any atom is 0.328 e. The summed E-state index contributed by atoms with van der Waals surface area (Å²) in [7, 11) is 1.31. The monoisotopic (exact) mass is 407 g/mol. The van der Waals surface area contributed by atoms with E-state index in [0.717, 1.165) is 17.5 Å². The van der Waals surface area contributed by atoms with Crippen molar-refractivity contribution in [3.63, 3.8) is 0 Å². The molecule has 0 radical (unpaired) electrons. The number of amides is 1. The number of fused-ring (bicyclic) bond motifs is 1. The number of methoxy groups -OCH3 is 1. The number of nitrogens with one attached hydrogen (secondary N) is 1. The van der Waals surface area contributed by atoms with Gasteiger partial charge in [0.2, 0.25) is 5.88 Å². The molecule has 0 aliphatic heterocycles. The number of hydrogen-bond acceptors (Lipinski definition) is 6. The Bertz CT molecular complexity index is 1050. The van der Waals surface area contributed by atoms with Gasteiger partial charge in [0.05, 0.1) is 18.1 Å². The Hall–Kier alpha value is -3.48. The van der Waals surface area contributed by atoms with Gasteiger partial charge in [-0.1, -0.05) is 32.4 Å². The third kappa shape index (κ3) is 4.74. The van der Waals surface area contributed by atoms with Crippen molar-refractivity contribution in [3.8, 4) is 11.6 Å². The standard InChI is InChI=1S/C23H25N3O4/c1-5-14(2)20(23(28)29-4)26-21(27)16-10-12-17(13-11-16)30-22-15(3)24-18-8-6-7-9-19(18)25-22/h6-14,20H,5H2,1-4H3,(H,26,27)/t14-,20+/m1/s1. The van der Waals surface area contributed by atoms with E-state index in [0.29, 0.717) is 22.9 Å². The third-order valence-corrected chi connectivity index (χ3v) is 4.99. The Morgan fingerprint density at radius 2 is 1.67 bits per heavy atom. The molecule has 2 aromatic carbocycles. The van der Waals surface area contributed by atoms with Crippen molar-refractivity contribution in [1.29, 1.82) is 0 Å². The molecule has 0 unspecified atom stereocenters. The fourth-order valence-corrected chi connectivity index (χ4v) is 2.98. The molecule has 1 aromatic heterocycles. The molecule has 3 rings (SSSR count). The number of carbonyl (C=O) groups is 2. The van der Waals surface area contributed by atoms with Gasteiger partial charge in [-0.05, 0) is 49.2 Å². The van der Waals surface area contributed by atoms with E-state index < -0.39 is 12.0 Å². The first-order chi connectivity index (χ1) is 14.4. The lowest BCUT2D eigenvalue weighted by atomic mass is 9.99. The van der Waals surface area contributed by atoms with Crippen LogP contribution in [0.1, 0.15) is 36.3 Å². The molecule has 0 saturated carbocycles. The number of ether oxygens (including phenoxy) is 2. The lowest BCUT2D eigenvalue weighted by Crippen LogP contribution is -2.45. The highest BCUT2D eigenvalue weighted by atomic mass is 16.5. The molecule has 7 nitrogen and oxygen atoms in total. The van der Waals surface area contributed by atoms with Crippen LogP contribution in [0, 0.1) is 12.8 Å². The summed E-state index contributed by atoms with van der Waals surface area (Å²) < 4.78 is 10.7. The second-order valence-electron chi connectivity index (χ2n) is 7.09. The molecule has 0 saturated heterocycles. The maximum atomic E-state index is 12.6. The summed E-state index contributed by atoms with van der Waals surface area (Å²) in [5.74, 6) is 0.0968. The second-order valence-corrected chi connectivity index (χ2v) is 7.09. The molecule has 1 N–H and O–H groups in total. The van der Waals surface area contributed by atoms with Crippen LogP contribution in [-0.4, -0.2) is 35.0 Å². The number of carbonyl (C=O) groups excluding carboxylic acids is 2. The zero-order chi connectivity index (χ0) is 21.7. The summed E-state index contributed by atoms with van der Waals surface area (Å²) in [4.78, 5) is 33.6. The predicted octanol–water partition coefficient (Wildman–Crippen LogP) is 4.05. The van der Waals surface area contributed by atoms with Gasteiger partial charge in [-0.25, -0.2) is 14.8 Å². The van der Waals surface area contributed by atoms with Gasteiger partial charge >= 0.3 is 5.97 Å². The van der Waals surface area contributed by atoms with E-state index >= 15 is 0 Å². The summed E-state index contributed by atoms with van der Waals surface area (Å²) in [5.41, 5.74) is 2.63. The highest BCUT2D eigenvalue weighted by Crippen LogP contribution is 2.24. The molecule has 0 bridgehead atoms. The smallest absolute Gasteiger partial charge is 0.328 e. The average molecular weight is 407 g/mol. The van der Waals surface area contributed by atoms with Crippen molar-refractivity contribution in [3.05, 3.63) is 59.8 Å². The van der Waals surface area contributed by atoms with Gasteiger partial charge in [0.1, 0.15) is 17.5 Å². The van der Waals surface area contributed by atoms with Gasteiger partial charge in [0.25, 0.3) is 5.91 Å². The molecule has 2 atom stereocenters. The van der Waals surface area contributed by atoms with Gasteiger partial charge < -0.3 is 14.8 Å². The number of aryl methyl sites for hydroxylation is 1. The lowest BCUT2D eigenvalue weighted by Gasteiger charge is -2.21. The molecule has 0 fully saturated rings. The van der Waals surface area contributed by atoms with Crippen molar-refractivity contribution in [2.24, 2.45) is 5.92 Å². The normalized spacial score (nSPS) is 12.8. The quantitative estimate of drug-likeness (QED) is 0.594. The van der Waals surface area contributed by atoms with Crippen LogP contribution in [0.5, 0.6) is 11.6 Å². The number of para-hydroxylation sites is 2. The summed E-state index contributed by atoms with van der Waals surface area (Å²) in [5, 5.41) is 2.76. The fraction of sp³-hybridized carbons (Fsp3) is 0.304. The number of benzene rings is 2. The first kappa shape index (κ1) is 21.2. The highest BCUT2D eigenvalue weighted by molar-refractivity contribution is 5.97. The minimum absolute atomic E-state index is 0.0431. The van der Waals surface area contributed by atoms with Crippen LogP contribution in [0.4, 0.5) is 0 Å². The largest absolute Gasteiger partial charge is 0.467 e. The number of esters is 1. The Balaban J connectivity index is 1.74. The average Bonchev–Trinajstić information content (AvgIpc) is 2.77. The Labute approximate surface area is 175 Å². The van der Waals surface area contributed by atoms with Gasteiger partial charge in [0, 0.05) is 5.56 Å². The Morgan fingerprint density at radius 1 is 1.03 bits per heavy atom. The Morgan fingerprint density at radius 3 is 2.27 bits per heavy atom. The minimum Gasteiger partial charge on any atom is -0.467 e. The molecule has 156 valence electrons. The van der Waals surface area contributed by atoms with Gasteiger partial charge in [-0.2, -0.15) is 0 Å². The van der Waals surface area contributed by atoms with Crippen molar-refractivity contribution in [1.82, 2.24) is 15.3 Å². The van der Waals surface area contributed by atoms with Crippen molar-refractivity contribution < 1.29 is 19.1 Å². The van der Waals surface area contributed by atoms with Crippen LogP contribution >= 0.6 is 0 Å². The zero-order valence-corrected chi connectivity index (χ0v) is 17.5. The molecular formula is C23H25N3O4. The second kappa shape index (κ2) is 9.35. The van der Waals surface area contributed by atoms with Gasteiger partial charge in [0.15, 0.2) is 0 Å². The Kier molecular flexibility index (Phi) is 6.61. The maximum absolute atomic E-state index is 12.6. The van der Waals surface area contributed by atoms with E-state index in [-0.39, 0.29) is 11.8 Å². The van der Waals surface area contributed by atoms with Crippen LogP contribution in [0.15, 0.2) is 48.5 Å². The molecule has 0 aliphatic rings. The van der Waals surface area contributed by atoms with E-state index in [4.69, 9.17) is 9.47 Å². The number of nitrogens with zero attached hydrogens (tertiary/aromatic N) is 2. The number of rotatable bonds is 7. The predicted molar refractivity (Wildman–Crippen MR) is 114 cm³/mol. The third-order valence-electron chi connectivity index (χ3n) is 4.99. The molecule has 7 heteroatoms. The van der Waals surface area contributed by atoms with E-state index in [9.17, 15) is 9.59 Å². The minimum atomic E-state index is -0.695. The van der Waals surface area contributed by atoms with Gasteiger partial charge in [-0.3, -0.25) is 4.79 Å². The molecule has 3 aromatic rings. The summed E-state index contributed by atoms with van der Waals surface area (Å²) >= 11 is 0. The number of hydrogen-bond donors (Lipinski definition) is 1. The van der Waals surface area contributed by atoms with Crippen molar-refractivity contribution in [2.45, 2.75) is 33.2 Å². The first-order valence-electron chi connectivity index (χ1n) is 9.83. The van der Waals surface area contributed by atoms with Crippen molar-refractivity contribution in [2.75, 3.05) is 7.11 Å².